The summed E-state index contributed by atoms with van der Waals surface area (Å²) in [5.74, 6) is 0. The zero-order valence-electron chi connectivity index (χ0n) is 5.10. The van der Waals surface area contributed by atoms with Gasteiger partial charge in [0.25, 0.3) is 0 Å². The summed E-state index contributed by atoms with van der Waals surface area (Å²) < 4.78 is 0. The number of nitro groups is 2. The third-order valence-corrected chi connectivity index (χ3v) is 0.610. The molecule has 9 heavy (non-hydrogen) atoms. The molecule has 0 aromatic rings. The first-order valence-corrected chi connectivity index (χ1v) is 1.82. The van der Waals surface area contributed by atoms with Gasteiger partial charge in [-0.25, -0.2) is 0 Å². The molecule has 0 aliphatic heterocycles. The molecule has 0 aliphatic carbocycles. The van der Waals surface area contributed by atoms with Crippen molar-refractivity contribution in [2.75, 3.05) is 0 Å². The molecule has 0 amide bonds. The maximum Gasteiger partial charge on any atom is 0.448 e. The van der Waals surface area contributed by atoms with E-state index in [-0.39, 0.29) is 51.4 Å². The van der Waals surface area contributed by atoms with E-state index in [0.29, 0.717) is 0 Å². The second-order valence-electron chi connectivity index (χ2n) is 1.20. The molecule has 0 fully saturated rings. The third kappa shape index (κ3) is 4.91. The van der Waals surface area contributed by atoms with Crippen molar-refractivity contribution in [3.63, 3.8) is 0 Å². The summed E-state index contributed by atoms with van der Waals surface area (Å²) in [6.07, 6.45) is -1.69. The van der Waals surface area contributed by atoms with Gasteiger partial charge >= 0.3 is 6.17 Å². The molecule has 0 aromatic carbocycles. The fourth-order valence-electron chi connectivity index (χ4n) is 0.0770. The monoisotopic (exact) mass is 159 g/mol. The summed E-state index contributed by atoms with van der Waals surface area (Å²) in [7, 11) is 0. The van der Waals surface area contributed by atoms with Crippen molar-refractivity contribution in [3.05, 3.63) is 20.2 Å². The molecule has 0 unspecified atom stereocenters. The van der Waals surface area contributed by atoms with Crippen molar-refractivity contribution in [1.82, 2.24) is 0 Å². The van der Waals surface area contributed by atoms with Crippen LogP contribution in [0, 0.1) is 20.2 Å². The average Bonchev–Trinajstić information content (AvgIpc) is 1.64. The Balaban J connectivity index is 0. The smallest absolute Gasteiger partial charge is 0.259 e. The molecular weight excluding hydrogens is 155 g/mol. The van der Waals surface area contributed by atoms with Crippen LogP contribution in [-0.2, 0) is 0 Å². The summed E-state index contributed by atoms with van der Waals surface area (Å²) in [4.78, 5) is 17.1. The zero-order valence-corrected chi connectivity index (χ0v) is 8.23. The summed E-state index contributed by atoms with van der Waals surface area (Å²) >= 11 is 0. The first-order valence-electron chi connectivity index (χ1n) is 1.82. The Morgan fingerprint density at radius 2 is 1.44 bits per heavy atom. The molecule has 0 N–H and O–H groups in total. The van der Waals surface area contributed by atoms with Gasteiger partial charge in [0.1, 0.15) is 0 Å². The predicted molar refractivity (Wildman–Crippen MR) is 29.2 cm³/mol. The molecule has 7 heteroatoms. The molecular formula is C2H4KN2O4. The molecule has 0 spiro atoms. The van der Waals surface area contributed by atoms with Crippen LogP contribution in [0.25, 0.3) is 0 Å². The van der Waals surface area contributed by atoms with E-state index in [2.05, 4.69) is 0 Å². The van der Waals surface area contributed by atoms with E-state index in [1.165, 1.54) is 0 Å². The molecule has 0 aliphatic rings. The Hall–Kier alpha value is 0.436. The molecule has 47 valence electrons. The van der Waals surface area contributed by atoms with Crippen LogP contribution in [0.15, 0.2) is 0 Å². The van der Waals surface area contributed by atoms with Crippen molar-refractivity contribution in [3.8, 4) is 0 Å². The van der Waals surface area contributed by atoms with Gasteiger partial charge in [-0.15, -0.1) is 0 Å². The number of hydrogen-bond acceptors (Lipinski definition) is 4. The van der Waals surface area contributed by atoms with Crippen molar-refractivity contribution >= 4 is 51.4 Å². The van der Waals surface area contributed by atoms with Crippen LogP contribution in [0.5, 0.6) is 0 Å². The normalized spacial score (nSPS) is 8.22. The van der Waals surface area contributed by atoms with Gasteiger partial charge in [0.05, 0.1) is 16.8 Å². The minimum atomic E-state index is -1.69. The molecule has 6 nitrogen and oxygen atoms in total. The van der Waals surface area contributed by atoms with E-state index in [9.17, 15) is 20.2 Å². The Morgan fingerprint density at radius 1 is 1.22 bits per heavy atom. The molecule has 0 atom stereocenters. The third-order valence-electron chi connectivity index (χ3n) is 0.610. The van der Waals surface area contributed by atoms with Crippen LogP contribution < -0.4 is 0 Å². The SMILES string of the molecule is CC([N+](=O)[O-])[N+](=O)[O-].[K]. The van der Waals surface area contributed by atoms with Crippen LogP contribution in [0.2, 0.25) is 0 Å². The quantitative estimate of drug-likeness (QED) is 0.235. The Labute approximate surface area is 93.3 Å². The van der Waals surface area contributed by atoms with E-state index in [1.807, 2.05) is 0 Å². The van der Waals surface area contributed by atoms with Crippen molar-refractivity contribution < 1.29 is 9.85 Å². The minimum Gasteiger partial charge on any atom is -0.259 e. The van der Waals surface area contributed by atoms with Gasteiger partial charge in [-0.1, -0.05) is 0 Å². The minimum absolute atomic E-state index is 0. The van der Waals surface area contributed by atoms with E-state index in [1.54, 1.807) is 0 Å². The summed E-state index contributed by atoms with van der Waals surface area (Å²) in [5, 5.41) is 19.0. The molecule has 0 saturated heterocycles. The maximum atomic E-state index is 9.50. The second kappa shape index (κ2) is 5.24. The first-order chi connectivity index (χ1) is 3.55. The second-order valence-corrected chi connectivity index (χ2v) is 1.20. The van der Waals surface area contributed by atoms with Crippen LogP contribution in [-0.4, -0.2) is 67.4 Å². The number of rotatable bonds is 2. The van der Waals surface area contributed by atoms with Crippen molar-refractivity contribution in [2.24, 2.45) is 0 Å². The van der Waals surface area contributed by atoms with Gasteiger partial charge in [-0.2, -0.15) is 0 Å². The van der Waals surface area contributed by atoms with E-state index >= 15 is 0 Å². The molecule has 0 rings (SSSR count). The van der Waals surface area contributed by atoms with Crippen LogP contribution in [0.4, 0.5) is 0 Å². The van der Waals surface area contributed by atoms with Gasteiger partial charge in [0, 0.05) is 51.4 Å². The fraction of sp³-hybridized carbons (Fsp3) is 1.00. The maximum absolute atomic E-state index is 9.50. The Kier molecular flexibility index (Phi) is 7.07. The molecule has 0 bridgehead atoms. The van der Waals surface area contributed by atoms with E-state index < -0.39 is 16.0 Å². The van der Waals surface area contributed by atoms with Crippen molar-refractivity contribution in [1.29, 1.82) is 0 Å². The van der Waals surface area contributed by atoms with Gasteiger partial charge in [-0.05, 0) is 0 Å². The van der Waals surface area contributed by atoms with Crippen LogP contribution in [0.1, 0.15) is 6.92 Å². The molecule has 0 saturated carbocycles. The number of nitrogens with zero attached hydrogens (tertiary/aromatic N) is 2. The zero-order chi connectivity index (χ0) is 6.73. The van der Waals surface area contributed by atoms with Gasteiger partial charge < -0.3 is 0 Å². The van der Waals surface area contributed by atoms with Crippen LogP contribution >= 0.6 is 0 Å². The fourth-order valence-corrected chi connectivity index (χ4v) is 0.0770. The molecule has 0 aromatic heterocycles. The topological polar surface area (TPSA) is 86.3 Å². The summed E-state index contributed by atoms with van der Waals surface area (Å²) in [6, 6.07) is 0. The van der Waals surface area contributed by atoms with Crippen molar-refractivity contribution in [2.45, 2.75) is 13.1 Å². The summed E-state index contributed by atoms with van der Waals surface area (Å²) in [5.41, 5.74) is 0. The van der Waals surface area contributed by atoms with Gasteiger partial charge in [-0.3, -0.25) is 20.2 Å². The largest absolute Gasteiger partial charge is 0.448 e. The molecule has 0 heterocycles. The van der Waals surface area contributed by atoms with E-state index in [0.717, 1.165) is 6.92 Å². The Bertz CT molecular complexity index is 112. The van der Waals surface area contributed by atoms with Crippen LogP contribution in [0.3, 0.4) is 0 Å². The number of hydrogen-bond donors (Lipinski definition) is 0. The van der Waals surface area contributed by atoms with Gasteiger partial charge in [0.15, 0.2) is 0 Å². The molecule has 1 radical (unpaired) electrons. The predicted octanol–water partition coefficient (Wildman–Crippen LogP) is -0.495. The summed E-state index contributed by atoms with van der Waals surface area (Å²) in [6.45, 7) is 0.917. The standard InChI is InChI=1S/C2H4N2O4.K/c1-2(3(5)6)4(7)8;/h2H,1H3;. The average molecular weight is 159 g/mol. The Morgan fingerprint density at radius 3 is 1.44 bits per heavy atom. The van der Waals surface area contributed by atoms with E-state index in [4.69, 9.17) is 0 Å². The van der Waals surface area contributed by atoms with Gasteiger partial charge in [0.2, 0.25) is 0 Å². The first kappa shape index (κ1) is 12.1.